The number of rotatable bonds is 3. The summed E-state index contributed by atoms with van der Waals surface area (Å²) in [5.74, 6) is 1.58. The molecular weight excluding hydrogens is 316 g/mol. The van der Waals surface area contributed by atoms with Crippen LogP contribution in [-0.2, 0) is 4.79 Å². The summed E-state index contributed by atoms with van der Waals surface area (Å²) in [7, 11) is 0. The molecule has 0 radical (unpaired) electrons. The number of aromatic nitrogens is 2. The van der Waals surface area contributed by atoms with E-state index in [-0.39, 0.29) is 5.91 Å². The Balaban J connectivity index is 1.42. The van der Waals surface area contributed by atoms with Crippen molar-refractivity contribution in [3.05, 3.63) is 54.5 Å². The maximum Gasteiger partial charge on any atom is 0.246 e. The van der Waals surface area contributed by atoms with Gasteiger partial charge in [-0.3, -0.25) is 4.79 Å². The lowest BCUT2D eigenvalue weighted by molar-refractivity contribution is -0.125. The van der Waals surface area contributed by atoms with Gasteiger partial charge in [0, 0.05) is 32.3 Å². The summed E-state index contributed by atoms with van der Waals surface area (Å²) in [6.07, 6.45) is 5.80. The van der Waals surface area contributed by atoms with Crippen LogP contribution in [0.4, 0.5) is 5.95 Å². The van der Waals surface area contributed by atoms with Crippen LogP contribution in [0.1, 0.15) is 12.2 Å². The molecule has 1 aliphatic heterocycles. The minimum absolute atomic E-state index is 0.0165. The molecule has 1 amide bonds. The summed E-state index contributed by atoms with van der Waals surface area (Å²) in [5.41, 5.74) is 2.01. The van der Waals surface area contributed by atoms with E-state index in [1.54, 1.807) is 24.5 Å². The summed E-state index contributed by atoms with van der Waals surface area (Å²) in [6, 6.07) is 11.7. The van der Waals surface area contributed by atoms with Crippen LogP contribution >= 0.6 is 0 Å². The molecule has 1 aliphatic rings. The zero-order chi connectivity index (χ0) is 17.1. The third kappa shape index (κ3) is 3.42. The SMILES string of the molecule is O=C(/C=C/c1ccco1)N1CCCN(c2nc3ccccc3[nH]2)CC1. The summed E-state index contributed by atoms with van der Waals surface area (Å²) < 4.78 is 5.22. The molecule has 1 saturated heterocycles. The van der Waals surface area contributed by atoms with Crippen LogP contribution in [0, 0.1) is 0 Å². The van der Waals surface area contributed by atoms with E-state index in [2.05, 4.69) is 14.9 Å². The first-order valence-corrected chi connectivity index (χ1v) is 8.50. The maximum atomic E-state index is 12.4. The number of nitrogens with zero attached hydrogens (tertiary/aromatic N) is 3. The van der Waals surface area contributed by atoms with Crippen molar-refractivity contribution in [2.45, 2.75) is 6.42 Å². The van der Waals surface area contributed by atoms with Crippen LogP contribution in [0.25, 0.3) is 17.1 Å². The Morgan fingerprint density at radius 1 is 1.12 bits per heavy atom. The summed E-state index contributed by atoms with van der Waals surface area (Å²) in [5, 5.41) is 0. The van der Waals surface area contributed by atoms with Crippen LogP contribution in [0.5, 0.6) is 0 Å². The van der Waals surface area contributed by atoms with Gasteiger partial charge in [0.25, 0.3) is 0 Å². The van der Waals surface area contributed by atoms with Gasteiger partial charge in [0.15, 0.2) is 0 Å². The predicted octanol–water partition coefficient (Wildman–Crippen LogP) is 2.91. The van der Waals surface area contributed by atoms with Gasteiger partial charge in [-0.05, 0) is 36.8 Å². The van der Waals surface area contributed by atoms with E-state index in [4.69, 9.17) is 4.42 Å². The average Bonchev–Trinajstić information content (AvgIpc) is 3.23. The fourth-order valence-electron chi connectivity index (χ4n) is 3.08. The van der Waals surface area contributed by atoms with Gasteiger partial charge in [0.2, 0.25) is 11.9 Å². The Labute approximate surface area is 145 Å². The van der Waals surface area contributed by atoms with Gasteiger partial charge in [-0.2, -0.15) is 0 Å². The number of aromatic amines is 1. The molecule has 0 saturated carbocycles. The highest BCUT2D eigenvalue weighted by Gasteiger charge is 2.19. The lowest BCUT2D eigenvalue weighted by Crippen LogP contribution is -2.34. The van der Waals surface area contributed by atoms with Crippen molar-refractivity contribution < 1.29 is 9.21 Å². The number of carbonyl (C=O) groups excluding carboxylic acids is 1. The summed E-state index contributed by atoms with van der Waals surface area (Å²) >= 11 is 0. The Hall–Kier alpha value is -3.02. The number of benzene rings is 1. The van der Waals surface area contributed by atoms with E-state index in [1.165, 1.54) is 0 Å². The molecule has 0 unspecified atom stereocenters. The van der Waals surface area contributed by atoms with Crippen LogP contribution in [0.15, 0.2) is 53.2 Å². The van der Waals surface area contributed by atoms with Crippen LogP contribution in [0.3, 0.4) is 0 Å². The maximum absolute atomic E-state index is 12.4. The first-order valence-electron chi connectivity index (χ1n) is 8.50. The van der Waals surface area contributed by atoms with Crippen LogP contribution in [0.2, 0.25) is 0 Å². The van der Waals surface area contributed by atoms with Gasteiger partial charge < -0.3 is 19.2 Å². The largest absolute Gasteiger partial charge is 0.465 e. The van der Waals surface area contributed by atoms with Crippen LogP contribution in [-0.4, -0.2) is 47.0 Å². The number of fused-ring (bicyclic) bond motifs is 1. The molecule has 0 aliphatic carbocycles. The molecule has 1 N–H and O–H groups in total. The second kappa shape index (κ2) is 6.84. The number of hydrogen-bond acceptors (Lipinski definition) is 4. The Bertz CT molecular complexity index is 849. The van der Waals surface area contributed by atoms with Crippen molar-refractivity contribution in [3.63, 3.8) is 0 Å². The second-order valence-electron chi connectivity index (χ2n) is 6.09. The minimum atomic E-state index is 0.0165. The quantitative estimate of drug-likeness (QED) is 0.747. The average molecular weight is 336 g/mol. The van der Waals surface area contributed by atoms with Gasteiger partial charge in [-0.1, -0.05) is 12.1 Å². The zero-order valence-electron chi connectivity index (χ0n) is 13.9. The fourth-order valence-corrected chi connectivity index (χ4v) is 3.08. The van der Waals surface area contributed by atoms with Crippen molar-refractivity contribution in [3.8, 4) is 0 Å². The van der Waals surface area contributed by atoms with Gasteiger partial charge in [-0.15, -0.1) is 0 Å². The topological polar surface area (TPSA) is 65.4 Å². The van der Waals surface area contributed by atoms with E-state index in [0.29, 0.717) is 12.3 Å². The second-order valence-corrected chi connectivity index (χ2v) is 6.09. The molecule has 6 heteroatoms. The third-order valence-corrected chi connectivity index (χ3v) is 4.42. The van der Waals surface area contributed by atoms with Crippen molar-refractivity contribution in [2.24, 2.45) is 0 Å². The number of imidazole rings is 1. The van der Waals surface area contributed by atoms with Crippen molar-refractivity contribution in [2.75, 3.05) is 31.1 Å². The van der Waals surface area contributed by atoms with Crippen molar-refractivity contribution in [1.82, 2.24) is 14.9 Å². The standard InChI is InChI=1S/C19H20N4O2/c24-18(9-8-15-5-3-14-25-15)22-10-4-11-23(13-12-22)19-20-16-6-1-2-7-17(16)21-19/h1-3,5-9,14H,4,10-13H2,(H,20,21)/b9-8+. The number of carbonyl (C=O) groups is 1. The first kappa shape index (κ1) is 15.5. The molecule has 3 aromatic rings. The molecule has 2 aromatic heterocycles. The van der Waals surface area contributed by atoms with Gasteiger partial charge in [0.1, 0.15) is 5.76 Å². The Kier molecular flexibility index (Phi) is 4.24. The highest BCUT2D eigenvalue weighted by molar-refractivity contribution is 5.91. The number of amides is 1. The summed E-state index contributed by atoms with van der Waals surface area (Å²) in [6.45, 7) is 3.07. The van der Waals surface area contributed by atoms with Crippen LogP contribution < -0.4 is 4.90 Å². The molecule has 6 nitrogen and oxygen atoms in total. The number of hydrogen-bond donors (Lipinski definition) is 1. The van der Waals surface area contributed by atoms with E-state index in [0.717, 1.165) is 43.0 Å². The normalized spacial score (nSPS) is 15.8. The molecule has 25 heavy (non-hydrogen) atoms. The fraction of sp³-hybridized carbons (Fsp3) is 0.263. The molecule has 0 bridgehead atoms. The third-order valence-electron chi connectivity index (χ3n) is 4.42. The highest BCUT2D eigenvalue weighted by Crippen LogP contribution is 2.18. The summed E-state index contributed by atoms with van der Waals surface area (Å²) in [4.78, 5) is 24.5. The van der Waals surface area contributed by atoms with Gasteiger partial charge >= 0.3 is 0 Å². The van der Waals surface area contributed by atoms with Crippen molar-refractivity contribution in [1.29, 1.82) is 0 Å². The highest BCUT2D eigenvalue weighted by atomic mass is 16.3. The van der Waals surface area contributed by atoms with Gasteiger partial charge in [0.05, 0.1) is 17.3 Å². The molecule has 0 spiro atoms. The number of H-pyrrole nitrogens is 1. The molecule has 0 atom stereocenters. The lowest BCUT2D eigenvalue weighted by Gasteiger charge is -2.20. The zero-order valence-corrected chi connectivity index (χ0v) is 13.9. The van der Waals surface area contributed by atoms with Gasteiger partial charge in [-0.25, -0.2) is 4.98 Å². The number of anilines is 1. The lowest BCUT2D eigenvalue weighted by atomic mass is 10.3. The molecule has 1 aromatic carbocycles. The Morgan fingerprint density at radius 3 is 2.88 bits per heavy atom. The van der Waals surface area contributed by atoms with Crippen molar-refractivity contribution >= 4 is 29.0 Å². The van der Waals surface area contributed by atoms with E-state index in [9.17, 15) is 4.79 Å². The molecule has 3 heterocycles. The molecular formula is C19H20N4O2. The van der Waals surface area contributed by atoms with E-state index < -0.39 is 0 Å². The molecule has 128 valence electrons. The number of furan rings is 1. The number of para-hydroxylation sites is 2. The molecule has 4 rings (SSSR count). The molecule has 1 fully saturated rings. The first-order chi connectivity index (χ1) is 12.3. The van der Waals surface area contributed by atoms with E-state index in [1.807, 2.05) is 35.2 Å². The smallest absolute Gasteiger partial charge is 0.246 e. The number of nitrogens with one attached hydrogen (secondary N) is 1. The minimum Gasteiger partial charge on any atom is -0.465 e. The van der Waals surface area contributed by atoms with E-state index >= 15 is 0 Å². The monoisotopic (exact) mass is 336 g/mol. The Morgan fingerprint density at radius 2 is 2.04 bits per heavy atom. The predicted molar refractivity (Wildman–Crippen MR) is 97.2 cm³/mol.